The van der Waals surface area contributed by atoms with E-state index in [2.05, 4.69) is 4.98 Å². The van der Waals surface area contributed by atoms with E-state index >= 15 is 0 Å². The van der Waals surface area contributed by atoms with Crippen LogP contribution in [-0.4, -0.2) is 29.2 Å². The number of thiazole rings is 1. The van der Waals surface area contributed by atoms with Gasteiger partial charge in [-0.05, 0) is 52.0 Å². The maximum absolute atomic E-state index is 12.4. The quantitative estimate of drug-likeness (QED) is 0.620. The summed E-state index contributed by atoms with van der Waals surface area (Å²) in [6.45, 7) is 8.58. The molecular weight excluding hydrogens is 348 g/mol. The van der Waals surface area contributed by atoms with Gasteiger partial charge in [-0.1, -0.05) is 0 Å². The molecule has 1 aromatic carbocycles. The van der Waals surface area contributed by atoms with Crippen molar-refractivity contribution in [2.75, 3.05) is 13.2 Å². The minimum Gasteiger partial charge on any atom is -0.494 e. The van der Waals surface area contributed by atoms with Crippen LogP contribution >= 0.6 is 11.3 Å². The van der Waals surface area contributed by atoms with E-state index in [1.54, 1.807) is 18.3 Å². The zero-order chi connectivity index (χ0) is 18.7. The van der Waals surface area contributed by atoms with Crippen molar-refractivity contribution in [2.45, 2.75) is 27.7 Å². The third-order valence-corrected chi connectivity index (χ3v) is 4.92. The van der Waals surface area contributed by atoms with Crippen molar-refractivity contribution in [1.82, 2.24) is 9.97 Å². The predicted molar refractivity (Wildman–Crippen MR) is 104 cm³/mol. The number of aromatic amines is 1. The van der Waals surface area contributed by atoms with E-state index in [4.69, 9.17) is 14.5 Å². The molecule has 0 atom stereocenters. The van der Waals surface area contributed by atoms with Gasteiger partial charge < -0.3 is 14.5 Å². The fraction of sp³-hybridized carbons (Fsp3) is 0.300. The van der Waals surface area contributed by atoms with Crippen molar-refractivity contribution < 1.29 is 14.3 Å². The topological polar surface area (TPSA) is 64.2 Å². The minimum absolute atomic E-state index is 0.319. The zero-order valence-corrected chi connectivity index (χ0v) is 16.2. The molecular formula is C20H22N2O3S. The summed E-state index contributed by atoms with van der Waals surface area (Å²) in [5.74, 6) is 0.523. The summed E-state index contributed by atoms with van der Waals surface area (Å²) in [5, 5.41) is 2.88. The highest BCUT2D eigenvalue weighted by atomic mass is 32.1. The van der Waals surface area contributed by atoms with E-state index in [0.717, 1.165) is 39.0 Å². The van der Waals surface area contributed by atoms with Gasteiger partial charge in [-0.2, -0.15) is 0 Å². The normalized spacial score (nSPS) is 10.8. The van der Waals surface area contributed by atoms with E-state index in [9.17, 15) is 4.79 Å². The number of nitrogens with zero attached hydrogens (tertiary/aromatic N) is 1. The van der Waals surface area contributed by atoms with Crippen LogP contribution in [0.3, 0.4) is 0 Å². The first-order valence-corrected chi connectivity index (χ1v) is 9.48. The van der Waals surface area contributed by atoms with Crippen LogP contribution in [0.15, 0.2) is 29.6 Å². The highest BCUT2D eigenvalue weighted by Gasteiger charge is 2.23. The molecule has 1 N–H and O–H groups in total. The van der Waals surface area contributed by atoms with Crippen LogP contribution in [0, 0.1) is 13.8 Å². The first-order valence-electron chi connectivity index (χ1n) is 8.60. The van der Waals surface area contributed by atoms with Gasteiger partial charge in [0.2, 0.25) is 0 Å². The number of ether oxygens (including phenoxy) is 2. The second-order valence-electron chi connectivity index (χ2n) is 5.84. The van der Waals surface area contributed by atoms with E-state index in [1.807, 2.05) is 50.4 Å². The molecule has 2 heterocycles. The number of hydrogen-bond acceptors (Lipinski definition) is 5. The first-order chi connectivity index (χ1) is 12.5. The lowest BCUT2D eigenvalue weighted by Crippen LogP contribution is -2.06. The molecule has 5 nitrogen and oxygen atoms in total. The van der Waals surface area contributed by atoms with E-state index < -0.39 is 0 Å². The lowest BCUT2D eigenvalue weighted by molar-refractivity contribution is 0.0526. The molecule has 3 rings (SSSR count). The van der Waals surface area contributed by atoms with Crippen molar-refractivity contribution in [3.05, 3.63) is 46.6 Å². The molecule has 26 heavy (non-hydrogen) atoms. The zero-order valence-electron chi connectivity index (χ0n) is 15.4. The Balaban J connectivity index is 1.96. The van der Waals surface area contributed by atoms with Crippen LogP contribution in [0.4, 0.5) is 0 Å². The molecule has 0 aliphatic rings. The Hall–Kier alpha value is -2.60. The minimum atomic E-state index is -0.319. The molecule has 0 spiro atoms. The fourth-order valence-corrected chi connectivity index (χ4v) is 3.76. The lowest BCUT2D eigenvalue weighted by atomic mass is 10.1. The molecule has 0 bridgehead atoms. The van der Waals surface area contributed by atoms with Gasteiger partial charge in [0.15, 0.2) is 0 Å². The van der Waals surface area contributed by atoms with Gasteiger partial charge in [-0.15, -0.1) is 11.3 Å². The molecule has 0 radical (unpaired) electrons. The number of esters is 1. The Labute approximate surface area is 157 Å². The number of rotatable bonds is 6. The van der Waals surface area contributed by atoms with Crippen LogP contribution in [-0.2, 0) is 4.74 Å². The summed E-state index contributed by atoms with van der Waals surface area (Å²) in [7, 11) is 0. The summed E-state index contributed by atoms with van der Waals surface area (Å²) in [5.41, 5.74) is 4.89. The number of nitrogens with one attached hydrogen (secondary N) is 1. The van der Waals surface area contributed by atoms with E-state index in [1.165, 1.54) is 0 Å². The third-order valence-electron chi connectivity index (χ3n) is 4.03. The average Bonchev–Trinajstić information content (AvgIpc) is 3.20. The maximum Gasteiger partial charge on any atom is 0.340 e. The van der Waals surface area contributed by atoms with Crippen molar-refractivity contribution in [2.24, 2.45) is 0 Å². The molecule has 0 amide bonds. The number of hydrogen-bond donors (Lipinski definition) is 1. The number of carbonyl (C=O) groups excluding carboxylic acids is 1. The van der Waals surface area contributed by atoms with Crippen LogP contribution in [0.2, 0.25) is 0 Å². The van der Waals surface area contributed by atoms with E-state index in [-0.39, 0.29) is 5.97 Å². The summed E-state index contributed by atoms with van der Waals surface area (Å²) >= 11 is 1.55. The van der Waals surface area contributed by atoms with Gasteiger partial charge in [0.25, 0.3) is 0 Å². The van der Waals surface area contributed by atoms with Crippen molar-refractivity contribution in [3.8, 4) is 27.6 Å². The Kier molecular flexibility index (Phi) is 5.42. The highest BCUT2D eigenvalue weighted by molar-refractivity contribution is 7.13. The molecule has 0 unspecified atom stereocenters. The lowest BCUT2D eigenvalue weighted by Gasteiger charge is -2.04. The van der Waals surface area contributed by atoms with Gasteiger partial charge >= 0.3 is 5.97 Å². The number of aromatic nitrogens is 2. The average molecular weight is 370 g/mol. The summed E-state index contributed by atoms with van der Waals surface area (Å²) in [4.78, 5) is 20.4. The van der Waals surface area contributed by atoms with Crippen molar-refractivity contribution in [1.29, 1.82) is 0 Å². The highest BCUT2D eigenvalue weighted by Crippen LogP contribution is 2.34. The molecule has 0 aliphatic heterocycles. The molecule has 2 aromatic heterocycles. The van der Waals surface area contributed by atoms with Gasteiger partial charge in [0, 0.05) is 27.9 Å². The van der Waals surface area contributed by atoms with Crippen molar-refractivity contribution >= 4 is 17.3 Å². The van der Waals surface area contributed by atoms with Crippen LogP contribution in [0.1, 0.15) is 35.6 Å². The van der Waals surface area contributed by atoms with E-state index in [0.29, 0.717) is 18.8 Å². The number of H-pyrrole nitrogens is 1. The van der Waals surface area contributed by atoms with Crippen LogP contribution in [0.25, 0.3) is 21.8 Å². The number of aryl methyl sites for hydroxylation is 2. The van der Waals surface area contributed by atoms with Crippen LogP contribution < -0.4 is 4.74 Å². The summed E-state index contributed by atoms with van der Waals surface area (Å²) in [6.07, 6.45) is 0. The molecule has 0 saturated heterocycles. The first kappa shape index (κ1) is 18.2. The second kappa shape index (κ2) is 7.74. The molecule has 3 aromatic rings. The maximum atomic E-state index is 12.4. The number of benzene rings is 1. The predicted octanol–water partition coefficient (Wildman–Crippen LogP) is 5.00. The molecule has 6 heteroatoms. The third kappa shape index (κ3) is 3.51. The van der Waals surface area contributed by atoms with Crippen LogP contribution in [0.5, 0.6) is 5.75 Å². The molecule has 0 saturated carbocycles. The van der Waals surface area contributed by atoms with Gasteiger partial charge in [0.1, 0.15) is 10.8 Å². The fourth-order valence-electron chi connectivity index (χ4n) is 2.94. The monoisotopic (exact) mass is 370 g/mol. The Morgan fingerprint density at radius 2 is 1.85 bits per heavy atom. The standard InChI is InChI=1S/C20H22N2O3S/c1-5-24-15-9-7-14(8-10-15)19-22-16(11-26-19)17-12(3)21-13(4)18(17)20(23)25-6-2/h7-11,21H,5-6H2,1-4H3. The van der Waals surface area contributed by atoms with Gasteiger partial charge in [0.05, 0.1) is 24.5 Å². The summed E-state index contributed by atoms with van der Waals surface area (Å²) in [6, 6.07) is 7.87. The Morgan fingerprint density at radius 3 is 2.50 bits per heavy atom. The van der Waals surface area contributed by atoms with Gasteiger partial charge in [-0.25, -0.2) is 9.78 Å². The Morgan fingerprint density at radius 1 is 1.12 bits per heavy atom. The summed E-state index contributed by atoms with van der Waals surface area (Å²) < 4.78 is 10.7. The molecule has 0 fully saturated rings. The number of carbonyl (C=O) groups is 1. The largest absolute Gasteiger partial charge is 0.494 e. The molecule has 136 valence electrons. The van der Waals surface area contributed by atoms with Gasteiger partial charge in [-0.3, -0.25) is 0 Å². The second-order valence-corrected chi connectivity index (χ2v) is 6.70. The smallest absolute Gasteiger partial charge is 0.340 e. The van der Waals surface area contributed by atoms with Crippen molar-refractivity contribution in [3.63, 3.8) is 0 Å². The molecule has 0 aliphatic carbocycles. The SMILES string of the molecule is CCOC(=O)c1c(C)[nH]c(C)c1-c1csc(-c2ccc(OCC)cc2)n1. The Bertz CT molecular complexity index is 910.